The molecule has 0 amide bonds. The number of benzene rings is 1. The summed E-state index contributed by atoms with van der Waals surface area (Å²) < 4.78 is 4.73. The number of carbonyl (C=O) groups is 1. The van der Waals surface area contributed by atoms with Gasteiger partial charge in [-0.05, 0) is 30.9 Å². The number of aryl methyl sites for hydroxylation is 1. The van der Waals surface area contributed by atoms with Crippen molar-refractivity contribution in [3.8, 4) is 0 Å². The van der Waals surface area contributed by atoms with Gasteiger partial charge in [-0.25, -0.2) is 0 Å². The summed E-state index contributed by atoms with van der Waals surface area (Å²) in [6.07, 6.45) is 3.42. The van der Waals surface area contributed by atoms with E-state index in [-0.39, 0.29) is 5.97 Å². The molecule has 0 bridgehead atoms. The Morgan fingerprint density at radius 3 is 3.00 bits per heavy atom. The maximum absolute atomic E-state index is 11.3. The fraction of sp³-hybridized carbons (Fsp3) is 0.462. The zero-order valence-corrected chi connectivity index (χ0v) is 9.61. The molecule has 3 heteroatoms. The Morgan fingerprint density at radius 2 is 2.19 bits per heavy atom. The van der Waals surface area contributed by atoms with Gasteiger partial charge in [-0.1, -0.05) is 18.2 Å². The molecule has 0 fully saturated rings. The van der Waals surface area contributed by atoms with Crippen molar-refractivity contribution >= 4 is 11.7 Å². The van der Waals surface area contributed by atoms with E-state index in [1.807, 2.05) is 6.07 Å². The van der Waals surface area contributed by atoms with Crippen molar-refractivity contribution in [3.63, 3.8) is 0 Å². The molecule has 16 heavy (non-hydrogen) atoms. The van der Waals surface area contributed by atoms with Crippen LogP contribution >= 0.6 is 0 Å². The normalized spacial score (nSPS) is 15.2. The summed E-state index contributed by atoms with van der Waals surface area (Å²) in [5, 5.41) is 0. The van der Waals surface area contributed by atoms with Gasteiger partial charge in [0.1, 0.15) is 6.54 Å². The van der Waals surface area contributed by atoms with Gasteiger partial charge in [0.15, 0.2) is 0 Å². The smallest absolute Gasteiger partial charge is 0.325 e. The Balaban J connectivity index is 2.22. The largest absolute Gasteiger partial charge is 0.468 e. The van der Waals surface area contributed by atoms with E-state index in [0.717, 1.165) is 19.4 Å². The van der Waals surface area contributed by atoms with E-state index in [9.17, 15) is 4.79 Å². The summed E-state index contributed by atoms with van der Waals surface area (Å²) in [5.74, 6) is -0.170. The lowest BCUT2D eigenvalue weighted by molar-refractivity contribution is -0.138. The molecule has 1 aromatic carbocycles. The van der Waals surface area contributed by atoms with Gasteiger partial charge in [-0.3, -0.25) is 4.79 Å². The number of fused-ring (bicyclic) bond motifs is 1. The molecule has 0 N–H and O–H groups in total. The Morgan fingerprint density at radius 1 is 1.38 bits per heavy atom. The Kier molecular flexibility index (Phi) is 3.44. The van der Waals surface area contributed by atoms with Gasteiger partial charge in [0.05, 0.1) is 7.11 Å². The quantitative estimate of drug-likeness (QED) is 0.712. The number of ether oxygens (including phenoxy) is 1. The van der Waals surface area contributed by atoms with Gasteiger partial charge in [-0.15, -0.1) is 0 Å². The highest BCUT2D eigenvalue weighted by Crippen LogP contribution is 2.25. The standard InChI is InChI=1S/C13H17NO2/c1-16-13(15)10-14-9-5-4-7-11-6-2-3-8-12(11)14/h2-3,6,8H,4-5,7,9-10H2,1H3. The predicted molar refractivity (Wildman–Crippen MR) is 63.6 cm³/mol. The summed E-state index contributed by atoms with van der Waals surface area (Å²) in [5.41, 5.74) is 2.52. The van der Waals surface area contributed by atoms with Crippen LogP contribution in [0.5, 0.6) is 0 Å². The molecule has 0 saturated heterocycles. The SMILES string of the molecule is COC(=O)CN1CCCCc2ccccc21. The lowest BCUT2D eigenvalue weighted by atomic mass is 10.1. The van der Waals surface area contributed by atoms with Gasteiger partial charge >= 0.3 is 5.97 Å². The topological polar surface area (TPSA) is 29.5 Å². The maximum atomic E-state index is 11.3. The molecule has 3 nitrogen and oxygen atoms in total. The summed E-state index contributed by atoms with van der Waals surface area (Å²) in [6.45, 7) is 1.29. The first-order chi connectivity index (χ1) is 7.81. The zero-order valence-electron chi connectivity index (χ0n) is 9.61. The van der Waals surface area contributed by atoms with E-state index < -0.39 is 0 Å². The summed E-state index contributed by atoms with van der Waals surface area (Å²) >= 11 is 0. The molecule has 0 aliphatic carbocycles. The molecule has 2 rings (SSSR count). The number of esters is 1. The molecule has 86 valence electrons. The first kappa shape index (κ1) is 11.0. The molecule has 0 saturated carbocycles. The monoisotopic (exact) mass is 219 g/mol. The van der Waals surface area contributed by atoms with Crippen LogP contribution < -0.4 is 4.90 Å². The van der Waals surface area contributed by atoms with E-state index in [4.69, 9.17) is 4.74 Å². The molecule has 1 aliphatic rings. The molecular weight excluding hydrogens is 202 g/mol. The first-order valence-corrected chi connectivity index (χ1v) is 5.71. The molecule has 0 radical (unpaired) electrons. The van der Waals surface area contributed by atoms with Crippen LogP contribution in [0.3, 0.4) is 0 Å². The van der Waals surface area contributed by atoms with Gasteiger partial charge in [0.2, 0.25) is 0 Å². The van der Waals surface area contributed by atoms with Gasteiger partial charge in [0.25, 0.3) is 0 Å². The van der Waals surface area contributed by atoms with Crippen LogP contribution in [0.25, 0.3) is 0 Å². The molecule has 1 aliphatic heterocycles. The Hall–Kier alpha value is -1.51. The number of methoxy groups -OCH3 is 1. The Bertz CT molecular complexity index is 376. The van der Waals surface area contributed by atoms with Crippen LogP contribution in [0.4, 0.5) is 5.69 Å². The van der Waals surface area contributed by atoms with Crippen LogP contribution in [0.1, 0.15) is 18.4 Å². The second-order valence-electron chi connectivity index (χ2n) is 4.08. The van der Waals surface area contributed by atoms with Crippen LogP contribution in [-0.4, -0.2) is 26.2 Å². The van der Waals surface area contributed by atoms with Crippen LogP contribution in [-0.2, 0) is 16.0 Å². The average Bonchev–Trinajstić information content (AvgIpc) is 2.52. The van der Waals surface area contributed by atoms with Crippen LogP contribution in [0.15, 0.2) is 24.3 Å². The van der Waals surface area contributed by atoms with Crippen LogP contribution in [0.2, 0.25) is 0 Å². The van der Waals surface area contributed by atoms with E-state index in [1.165, 1.54) is 24.8 Å². The highest BCUT2D eigenvalue weighted by Gasteiger charge is 2.17. The molecule has 0 aromatic heterocycles. The van der Waals surface area contributed by atoms with E-state index >= 15 is 0 Å². The van der Waals surface area contributed by atoms with Crippen molar-refractivity contribution in [1.82, 2.24) is 0 Å². The fourth-order valence-electron chi connectivity index (χ4n) is 2.15. The van der Waals surface area contributed by atoms with Crippen molar-refractivity contribution in [3.05, 3.63) is 29.8 Å². The van der Waals surface area contributed by atoms with E-state index in [2.05, 4.69) is 23.1 Å². The predicted octanol–water partition coefficient (Wildman–Crippen LogP) is 2.00. The first-order valence-electron chi connectivity index (χ1n) is 5.71. The highest BCUT2D eigenvalue weighted by molar-refractivity contribution is 5.76. The number of anilines is 1. The maximum Gasteiger partial charge on any atom is 0.325 e. The lowest BCUT2D eigenvalue weighted by Gasteiger charge is -2.23. The number of rotatable bonds is 2. The lowest BCUT2D eigenvalue weighted by Crippen LogP contribution is -2.31. The summed E-state index contributed by atoms with van der Waals surface area (Å²) in [4.78, 5) is 13.5. The summed E-state index contributed by atoms with van der Waals surface area (Å²) in [6, 6.07) is 8.31. The fourth-order valence-corrected chi connectivity index (χ4v) is 2.15. The third-order valence-corrected chi connectivity index (χ3v) is 3.00. The van der Waals surface area contributed by atoms with E-state index in [0.29, 0.717) is 6.54 Å². The number of carbonyl (C=O) groups excluding carboxylic acids is 1. The number of hydrogen-bond acceptors (Lipinski definition) is 3. The number of para-hydroxylation sites is 1. The minimum atomic E-state index is -0.170. The van der Waals surface area contributed by atoms with Gasteiger partial charge in [0, 0.05) is 12.2 Å². The van der Waals surface area contributed by atoms with Gasteiger partial charge in [-0.2, -0.15) is 0 Å². The molecular formula is C13H17NO2. The third kappa shape index (κ3) is 2.35. The van der Waals surface area contributed by atoms with Crippen molar-refractivity contribution in [2.45, 2.75) is 19.3 Å². The van der Waals surface area contributed by atoms with Crippen molar-refractivity contribution in [2.24, 2.45) is 0 Å². The average molecular weight is 219 g/mol. The molecule has 0 spiro atoms. The minimum Gasteiger partial charge on any atom is -0.468 e. The van der Waals surface area contributed by atoms with Crippen LogP contribution in [0, 0.1) is 0 Å². The summed E-state index contributed by atoms with van der Waals surface area (Å²) in [7, 11) is 1.44. The molecule has 1 heterocycles. The van der Waals surface area contributed by atoms with Crippen molar-refractivity contribution in [1.29, 1.82) is 0 Å². The number of nitrogens with zero attached hydrogens (tertiary/aromatic N) is 1. The second-order valence-corrected chi connectivity index (χ2v) is 4.08. The molecule has 0 unspecified atom stereocenters. The van der Waals surface area contributed by atoms with E-state index in [1.54, 1.807) is 0 Å². The second kappa shape index (κ2) is 5.01. The Labute approximate surface area is 96.0 Å². The highest BCUT2D eigenvalue weighted by atomic mass is 16.5. The van der Waals surface area contributed by atoms with Crippen molar-refractivity contribution in [2.75, 3.05) is 25.1 Å². The van der Waals surface area contributed by atoms with Crippen molar-refractivity contribution < 1.29 is 9.53 Å². The third-order valence-electron chi connectivity index (χ3n) is 3.00. The minimum absolute atomic E-state index is 0.170. The van der Waals surface area contributed by atoms with Gasteiger partial charge < -0.3 is 9.64 Å². The zero-order chi connectivity index (χ0) is 11.4. The number of hydrogen-bond donors (Lipinski definition) is 0. The molecule has 0 atom stereocenters. The molecule has 1 aromatic rings.